The third-order valence-corrected chi connectivity index (χ3v) is 5.32. The van der Waals surface area contributed by atoms with Crippen LogP contribution in [0.4, 0.5) is 10.1 Å². The van der Waals surface area contributed by atoms with E-state index >= 15 is 0 Å². The summed E-state index contributed by atoms with van der Waals surface area (Å²) in [5, 5.41) is 14.6. The van der Waals surface area contributed by atoms with Gasteiger partial charge < -0.3 is 15.2 Å². The standard InChI is InChI=1S/C20H19ClFN5O2S/c1-2-27-17(11-23-19(29)13-7-9-14(21)10-8-13)25-26-20(27)30-12-18(28)24-16-6-4-3-5-15(16)22/h3-10H,2,11-12H2,1H3,(H,23,29)(H,24,28). The molecular formula is C20H19ClFN5O2S. The molecule has 0 aliphatic rings. The number of nitrogens with zero attached hydrogens (tertiary/aromatic N) is 3. The molecule has 0 unspecified atom stereocenters. The Kier molecular flexibility index (Phi) is 7.42. The van der Waals surface area contributed by atoms with E-state index in [1.165, 1.54) is 23.9 Å². The van der Waals surface area contributed by atoms with Crippen LogP contribution in [0, 0.1) is 5.82 Å². The Morgan fingerprint density at radius 2 is 1.87 bits per heavy atom. The number of para-hydroxylation sites is 1. The Labute approximate surface area is 182 Å². The van der Waals surface area contributed by atoms with E-state index in [9.17, 15) is 14.0 Å². The minimum absolute atomic E-state index is 0.0452. The number of anilines is 1. The lowest BCUT2D eigenvalue weighted by molar-refractivity contribution is -0.113. The average molecular weight is 448 g/mol. The largest absolute Gasteiger partial charge is 0.345 e. The summed E-state index contributed by atoms with van der Waals surface area (Å²) in [4.78, 5) is 24.4. The second kappa shape index (κ2) is 10.2. The normalized spacial score (nSPS) is 10.6. The van der Waals surface area contributed by atoms with Gasteiger partial charge in [0.05, 0.1) is 18.0 Å². The number of amides is 2. The van der Waals surface area contributed by atoms with Crippen LogP contribution in [0.1, 0.15) is 23.1 Å². The Morgan fingerprint density at radius 3 is 2.57 bits per heavy atom. The van der Waals surface area contributed by atoms with E-state index in [1.807, 2.05) is 11.5 Å². The Hall–Kier alpha value is -2.91. The number of carbonyl (C=O) groups excluding carboxylic acids is 2. The monoisotopic (exact) mass is 447 g/mol. The lowest BCUT2D eigenvalue weighted by atomic mass is 10.2. The van der Waals surface area contributed by atoms with Crippen LogP contribution in [-0.4, -0.2) is 32.3 Å². The van der Waals surface area contributed by atoms with Gasteiger partial charge in [-0.2, -0.15) is 0 Å². The van der Waals surface area contributed by atoms with Gasteiger partial charge in [0.1, 0.15) is 5.82 Å². The highest BCUT2D eigenvalue weighted by Crippen LogP contribution is 2.19. The Bertz CT molecular complexity index is 1040. The van der Waals surface area contributed by atoms with Gasteiger partial charge in [-0.25, -0.2) is 4.39 Å². The molecule has 0 aliphatic heterocycles. The lowest BCUT2D eigenvalue weighted by Crippen LogP contribution is -2.24. The minimum Gasteiger partial charge on any atom is -0.345 e. The van der Waals surface area contributed by atoms with Crippen molar-refractivity contribution < 1.29 is 14.0 Å². The highest BCUT2D eigenvalue weighted by atomic mass is 35.5. The summed E-state index contributed by atoms with van der Waals surface area (Å²) in [5.41, 5.74) is 0.618. The number of halogens is 2. The lowest BCUT2D eigenvalue weighted by Gasteiger charge is -2.09. The predicted octanol–water partition coefficient (Wildman–Crippen LogP) is 3.75. The van der Waals surface area contributed by atoms with E-state index in [0.717, 1.165) is 0 Å². The third-order valence-electron chi connectivity index (χ3n) is 4.10. The molecule has 2 amide bonds. The minimum atomic E-state index is -0.494. The van der Waals surface area contributed by atoms with Crippen molar-refractivity contribution in [1.29, 1.82) is 0 Å². The van der Waals surface area contributed by atoms with Gasteiger partial charge in [0.2, 0.25) is 5.91 Å². The first kappa shape index (κ1) is 21.8. The van der Waals surface area contributed by atoms with Gasteiger partial charge in [-0.05, 0) is 43.3 Å². The summed E-state index contributed by atoms with van der Waals surface area (Å²) in [6.45, 7) is 2.66. The van der Waals surface area contributed by atoms with Crippen molar-refractivity contribution in [3.05, 3.63) is 70.8 Å². The maximum Gasteiger partial charge on any atom is 0.251 e. The number of nitrogens with one attached hydrogen (secondary N) is 2. The summed E-state index contributed by atoms with van der Waals surface area (Å²) in [5.74, 6) is -0.490. The molecule has 1 aromatic heterocycles. The van der Waals surface area contributed by atoms with Gasteiger partial charge in [-0.15, -0.1) is 10.2 Å². The molecule has 0 fully saturated rings. The molecule has 2 aromatic carbocycles. The van der Waals surface area contributed by atoms with E-state index in [2.05, 4.69) is 20.8 Å². The molecule has 10 heteroatoms. The number of thioether (sulfide) groups is 1. The number of hydrogen-bond acceptors (Lipinski definition) is 5. The zero-order valence-electron chi connectivity index (χ0n) is 16.1. The first-order valence-corrected chi connectivity index (χ1v) is 10.5. The van der Waals surface area contributed by atoms with Crippen molar-refractivity contribution in [2.75, 3.05) is 11.1 Å². The highest BCUT2D eigenvalue weighted by molar-refractivity contribution is 7.99. The van der Waals surface area contributed by atoms with Crippen LogP contribution < -0.4 is 10.6 Å². The summed E-state index contributed by atoms with van der Waals surface area (Å²) >= 11 is 7.02. The van der Waals surface area contributed by atoms with Crippen LogP contribution in [0.2, 0.25) is 5.02 Å². The van der Waals surface area contributed by atoms with Crippen molar-refractivity contribution in [3.8, 4) is 0 Å². The van der Waals surface area contributed by atoms with Crippen molar-refractivity contribution in [2.45, 2.75) is 25.2 Å². The first-order valence-electron chi connectivity index (χ1n) is 9.11. The van der Waals surface area contributed by atoms with Crippen molar-refractivity contribution in [1.82, 2.24) is 20.1 Å². The fourth-order valence-electron chi connectivity index (χ4n) is 2.62. The topological polar surface area (TPSA) is 88.9 Å². The molecular weight excluding hydrogens is 429 g/mol. The number of aromatic nitrogens is 3. The van der Waals surface area contributed by atoms with Gasteiger partial charge >= 0.3 is 0 Å². The van der Waals surface area contributed by atoms with Crippen LogP contribution >= 0.6 is 23.4 Å². The summed E-state index contributed by atoms with van der Waals surface area (Å²) < 4.78 is 15.4. The SMILES string of the molecule is CCn1c(CNC(=O)c2ccc(Cl)cc2)nnc1SCC(=O)Nc1ccccc1F. The van der Waals surface area contributed by atoms with Crippen LogP contribution in [0.15, 0.2) is 53.7 Å². The first-order chi connectivity index (χ1) is 14.5. The quantitative estimate of drug-likeness (QED) is 0.513. The molecule has 0 spiro atoms. The third kappa shape index (κ3) is 5.58. The molecule has 0 bridgehead atoms. The molecule has 2 N–H and O–H groups in total. The van der Waals surface area contributed by atoms with E-state index in [4.69, 9.17) is 11.6 Å². The summed E-state index contributed by atoms with van der Waals surface area (Å²) in [7, 11) is 0. The molecule has 30 heavy (non-hydrogen) atoms. The molecule has 0 saturated heterocycles. The van der Waals surface area contributed by atoms with Gasteiger partial charge in [-0.1, -0.05) is 35.5 Å². The maximum atomic E-state index is 13.6. The fourth-order valence-corrected chi connectivity index (χ4v) is 3.56. The van der Waals surface area contributed by atoms with Crippen LogP contribution in [0.5, 0.6) is 0 Å². The smallest absolute Gasteiger partial charge is 0.251 e. The Balaban J connectivity index is 1.57. The number of benzene rings is 2. The Morgan fingerprint density at radius 1 is 1.13 bits per heavy atom. The van der Waals surface area contributed by atoms with Crippen LogP contribution in [0.25, 0.3) is 0 Å². The molecule has 0 aliphatic carbocycles. The summed E-state index contributed by atoms with van der Waals surface area (Å²) in [6.07, 6.45) is 0. The maximum absolute atomic E-state index is 13.6. The molecule has 0 atom stereocenters. The molecule has 7 nitrogen and oxygen atoms in total. The average Bonchev–Trinajstić information content (AvgIpc) is 3.14. The van der Waals surface area contributed by atoms with Crippen molar-refractivity contribution in [2.24, 2.45) is 0 Å². The predicted molar refractivity (Wildman–Crippen MR) is 114 cm³/mol. The second-order valence-electron chi connectivity index (χ2n) is 6.15. The van der Waals surface area contributed by atoms with Gasteiger partial charge in [0.25, 0.3) is 5.91 Å². The molecule has 1 heterocycles. The zero-order valence-corrected chi connectivity index (χ0v) is 17.6. The zero-order chi connectivity index (χ0) is 21.5. The van der Waals surface area contributed by atoms with E-state index in [-0.39, 0.29) is 29.8 Å². The highest BCUT2D eigenvalue weighted by Gasteiger charge is 2.15. The second-order valence-corrected chi connectivity index (χ2v) is 7.53. The van der Waals surface area contributed by atoms with E-state index in [0.29, 0.717) is 28.1 Å². The molecule has 156 valence electrons. The van der Waals surface area contributed by atoms with Gasteiger partial charge in [-0.3, -0.25) is 9.59 Å². The fraction of sp³-hybridized carbons (Fsp3) is 0.200. The van der Waals surface area contributed by atoms with Crippen LogP contribution in [0.3, 0.4) is 0 Å². The molecule has 0 radical (unpaired) electrons. The van der Waals surface area contributed by atoms with Crippen molar-refractivity contribution >= 4 is 40.9 Å². The summed E-state index contributed by atoms with van der Waals surface area (Å²) in [6, 6.07) is 12.5. The molecule has 3 aromatic rings. The van der Waals surface area contributed by atoms with Crippen molar-refractivity contribution in [3.63, 3.8) is 0 Å². The number of carbonyl (C=O) groups is 2. The van der Waals surface area contributed by atoms with Gasteiger partial charge in [0.15, 0.2) is 11.0 Å². The van der Waals surface area contributed by atoms with E-state index < -0.39 is 5.82 Å². The van der Waals surface area contributed by atoms with E-state index in [1.54, 1.807) is 36.4 Å². The number of hydrogen-bond donors (Lipinski definition) is 2. The van der Waals surface area contributed by atoms with Crippen LogP contribution in [-0.2, 0) is 17.9 Å². The van der Waals surface area contributed by atoms with Gasteiger partial charge in [0, 0.05) is 17.1 Å². The molecule has 0 saturated carbocycles. The molecule has 3 rings (SSSR count). The number of rotatable bonds is 8.